The molecule has 0 atom stereocenters. The quantitative estimate of drug-likeness (QED) is 0.433. The van der Waals surface area contributed by atoms with Crippen molar-refractivity contribution in [3.8, 4) is 11.5 Å². The highest BCUT2D eigenvalue weighted by atomic mass is 19.1. The maximum Gasteiger partial charge on any atom is 0.240 e. The van der Waals surface area contributed by atoms with Gasteiger partial charge in [-0.2, -0.15) is 0 Å². The first-order valence-corrected chi connectivity index (χ1v) is 11.1. The van der Waals surface area contributed by atoms with E-state index in [1.54, 1.807) is 29.0 Å². The van der Waals surface area contributed by atoms with Crippen LogP contribution in [0.1, 0.15) is 27.9 Å². The van der Waals surface area contributed by atoms with Crippen LogP contribution < -0.4 is 14.8 Å². The third-order valence-electron chi connectivity index (χ3n) is 5.77. The maximum absolute atomic E-state index is 14.2. The van der Waals surface area contributed by atoms with Crippen molar-refractivity contribution in [2.24, 2.45) is 0 Å². The Morgan fingerprint density at radius 1 is 0.912 bits per heavy atom. The van der Waals surface area contributed by atoms with E-state index in [4.69, 9.17) is 9.47 Å². The molecule has 172 valence electrons. The number of hydrogen-bond acceptors (Lipinski definition) is 4. The van der Waals surface area contributed by atoms with Crippen LogP contribution in [-0.2, 0) is 17.9 Å². The molecule has 1 aliphatic heterocycles. The van der Waals surface area contributed by atoms with Crippen LogP contribution in [0.2, 0.25) is 0 Å². The largest absolute Gasteiger partial charge is 0.490 e. The first kappa shape index (κ1) is 21.7. The summed E-state index contributed by atoms with van der Waals surface area (Å²) in [4.78, 5) is 25.8. The Morgan fingerprint density at radius 3 is 2.53 bits per heavy atom. The van der Waals surface area contributed by atoms with Gasteiger partial charge in [0.25, 0.3) is 0 Å². The SMILES string of the molecule is O=C(Cn1cc(C(=O)c2ccccc2F)c2ccccc21)NCc1ccc2c(c1)OCCCO2. The highest BCUT2D eigenvalue weighted by Gasteiger charge is 2.20. The fourth-order valence-corrected chi connectivity index (χ4v) is 4.08. The number of carbonyl (C=O) groups excluding carboxylic acids is 2. The molecule has 1 aliphatic rings. The molecule has 0 saturated carbocycles. The van der Waals surface area contributed by atoms with Gasteiger partial charge < -0.3 is 19.4 Å². The van der Waals surface area contributed by atoms with Gasteiger partial charge in [0.15, 0.2) is 17.3 Å². The molecule has 0 unspecified atom stereocenters. The van der Waals surface area contributed by atoms with Gasteiger partial charge in [0.1, 0.15) is 12.4 Å². The van der Waals surface area contributed by atoms with Crippen LogP contribution in [0.5, 0.6) is 11.5 Å². The molecular formula is C27H23FN2O4. The van der Waals surface area contributed by atoms with Crippen LogP contribution in [0.4, 0.5) is 4.39 Å². The Balaban J connectivity index is 1.33. The van der Waals surface area contributed by atoms with Crippen LogP contribution in [0.25, 0.3) is 10.9 Å². The number of ketones is 1. The fourth-order valence-electron chi connectivity index (χ4n) is 4.08. The minimum atomic E-state index is -0.572. The van der Waals surface area contributed by atoms with Gasteiger partial charge >= 0.3 is 0 Å². The lowest BCUT2D eigenvalue weighted by molar-refractivity contribution is -0.121. The van der Waals surface area contributed by atoms with Crippen molar-refractivity contribution < 1.29 is 23.5 Å². The molecule has 1 amide bonds. The molecular weight excluding hydrogens is 435 g/mol. The van der Waals surface area contributed by atoms with Gasteiger partial charge in [-0.25, -0.2) is 4.39 Å². The standard InChI is InChI=1S/C27H23FN2O4/c28-22-8-3-1-7-20(22)27(32)21-16-30(23-9-4-2-6-19(21)23)17-26(31)29-15-18-10-11-24-25(14-18)34-13-5-12-33-24/h1-4,6-11,14,16H,5,12-13,15,17H2,(H,29,31). The van der Waals surface area contributed by atoms with Crippen molar-refractivity contribution in [2.45, 2.75) is 19.5 Å². The molecule has 5 rings (SSSR count). The summed E-state index contributed by atoms with van der Waals surface area (Å²) < 4.78 is 27.3. The number of fused-ring (bicyclic) bond motifs is 2. The lowest BCUT2D eigenvalue weighted by atomic mass is 10.0. The lowest BCUT2D eigenvalue weighted by Gasteiger charge is -2.11. The number of nitrogens with zero attached hydrogens (tertiary/aromatic N) is 1. The van der Waals surface area contributed by atoms with Gasteiger partial charge in [-0.1, -0.05) is 36.4 Å². The molecule has 3 aromatic carbocycles. The third kappa shape index (κ3) is 4.37. The summed E-state index contributed by atoms with van der Waals surface area (Å²) in [7, 11) is 0. The highest BCUT2D eigenvalue weighted by molar-refractivity contribution is 6.16. The van der Waals surface area contributed by atoms with Crippen molar-refractivity contribution in [3.63, 3.8) is 0 Å². The van der Waals surface area contributed by atoms with Gasteiger partial charge in [0.05, 0.1) is 18.8 Å². The summed E-state index contributed by atoms with van der Waals surface area (Å²) in [6.07, 6.45) is 2.44. The van der Waals surface area contributed by atoms with Crippen LogP contribution >= 0.6 is 0 Å². The summed E-state index contributed by atoms with van der Waals surface area (Å²) in [6, 6.07) is 18.8. The van der Waals surface area contributed by atoms with Gasteiger partial charge in [-0.15, -0.1) is 0 Å². The summed E-state index contributed by atoms with van der Waals surface area (Å²) in [5, 5.41) is 3.59. The second-order valence-electron chi connectivity index (χ2n) is 8.11. The van der Waals surface area contributed by atoms with Gasteiger partial charge in [0.2, 0.25) is 5.91 Å². The zero-order valence-corrected chi connectivity index (χ0v) is 18.4. The fraction of sp³-hybridized carbons (Fsp3) is 0.185. The Hall–Kier alpha value is -4.13. The first-order valence-electron chi connectivity index (χ1n) is 11.1. The van der Waals surface area contributed by atoms with E-state index >= 15 is 0 Å². The van der Waals surface area contributed by atoms with Crippen molar-refractivity contribution in [1.82, 2.24) is 9.88 Å². The van der Waals surface area contributed by atoms with Crippen molar-refractivity contribution >= 4 is 22.6 Å². The molecule has 0 bridgehead atoms. The number of para-hydroxylation sites is 1. The number of hydrogen-bond donors (Lipinski definition) is 1. The third-order valence-corrected chi connectivity index (χ3v) is 5.77. The minimum Gasteiger partial charge on any atom is -0.490 e. The first-order chi connectivity index (χ1) is 16.6. The smallest absolute Gasteiger partial charge is 0.240 e. The molecule has 1 aromatic heterocycles. The number of aromatic nitrogens is 1. The van der Waals surface area contributed by atoms with Crippen molar-refractivity contribution in [3.05, 3.63) is 95.4 Å². The number of rotatable bonds is 6. The molecule has 0 fully saturated rings. The van der Waals surface area contributed by atoms with E-state index in [2.05, 4.69) is 5.32 Å². The predicted molar refractivity (Wildman–Crippen MR) is 126 cm³/mol. The highest BCUT2D eigenvalue weighted by Crippen LogP contribution is 2.30. The zero-order valence-electron chi connectivity index (χ0n) is 18.4. The minimum absolute atomic E-state index is 0.00395. The average Bonchev–Trinajstić information content (AvgIpc) is 3.04. The summed E-state index contributed by atoms with van der Waals surface area (Å²) in [6.45, 7) is 1.57. The number of benzene rings is 3. The number of nitrogens with one attached hydrogen (secondary N) is 1. The Morgan fingerprint density at radius 2 is 1.68 bits per heavy atom. The van der Waals surface area contributed by atoms with Crippen LogP contribution in [0.3, 0.4) is 0 Å². The molecule has 0 aliphatic carbocycles. The molecule has 1 N–H and O–H groups in total. The second kappa shape index (κ2) is 9.39. The van der Waals surface area contributed by atoms with E-state index in [9.17, 15) is 14.0 Å². The summed E-state index contributed by atoms with van der Waals surface area (Å²) >= 11 is 0. The molecule has 34 heavy (non-hydrogen) atoms. The number of halogens is 1. The van der Waals surface area contributed by atoms with E-state index in [1.165, 1.54) is 12.1 Å². The summed E-state index contributed by atoms with van der Waals surface area (Å²) in [5.41, 5.74) is 1.99. The number of amides is 1. The maximum atomic E-state index is 14.2. The Bertz CT molecular complexity index is 1380. The predicted octanol–water partition coefficient (Wildman–Crippen LogP) is 4.49. The molecule has 0 spiro atoms. The van der Waals surface area contributed by atoms with E-state index in [-0.39, 0.29) is 18.0 Å². The molecule has 0 radical (unpaired) electrons. The zero-order chi connectivity index (χ0) is 23.5. The lowest BCUT2D eigenvalue weighted by Crippen LogP contribution is -2.26. The van der Waals surface area contributed by atoms with E-state index in [0.717, 1.165) is 17.5 Å². The normalized spacial score (nSPS) is 12.9. The Labute approximate surface area is 195 Å². The van der Waals surface area contributed by atoms with Gasteiger partial charge in [-0.3, -0.25) is 9.59 Å². The number of carbonyl (C=O) groups is 2. The molecule has 0 saturated heterocycles. The van der Waals surface area contributed by atoms with Crippen LogP contribution in [0.15, 0.2) is 72.9 Å². The topological polar surface area (TPSA) is 69.6 Å². The molecule has 6 nitrogen and oxygen atoms in total. The van der Waals surface area contributed by atoms with Gasteiger partial charge in [0, 0.05) is 35.6 Å². The molecule has 2 heterocycles. The van der Waals surface area contributed by atoms with Crippen LogP contribution in [-0.4, -0.2) is 29.5 Å². The van der Waals surface area contributed by atoms with E-state index < -0.39 is 11.6 Å². The Kier molecular flexibility index (Phi) is 5.99. The second-order valence-corrected chi connectivity index (χ2v) is 8.11. The number of ether oxygens (including phenoxy) is 2. The summed E-state index contributed by atoms with van der Waals surface area (Å²) in [5.74, 6) is 0.186. The van der Waals surface area contributed by atoms with Crippen molar-refractivity contribution in [1.29, 1.82) is 0 Å². The van der Waals surface area contributed by atoms with Crippen molar-refractivity contribution in [2.75, 3.05) is 13.2 Å². The molecule has 4 aromatic rings. The molecule has 7 heteroatoms. The van der Waals surface area contributed by atoms with E-state index in [1.807, 2.05) is 36.4 Å². The van der Waals surface area contributed by atoms with Crippen LogP contribution in [0, 0.1) is 5.82 Å². The monoisotopic (exact) mass is 458 g/mol. The van der Waals surface area contributed by atoms with E-state index in [0.29, 0.717) is 42.2 Å². The van der Waals surface area contributed by atoms with Gasteiger partial charge in [-0.05, 0) is 35.9 Å². The average molecular weight is 458 g/mol.